The van der Waals surface area contributed by atoms with E-state index >= 15 is 0 Å². The lowest BCUT2D eigenvalue weighted by Crippen LogP contribution is -2.39. The number of benzene rings is 2. The topological polar surface area (TPSA) is 58.4 Å². The van der Waals surface area contributed by atoms with Gasteiger partial charge in [0.05, 0.1) is 6.54 Å². The number of piperidine rings is 1. The molecule has 3 aromatic rings. The average Bonchev–Trinajstić information content (AvgIpc) is 3.08. The van der Waals surface area contributed by atoms with Gasteiger partial charge >= 0.3 is 0 Å². The fourth-order valence-corrected chi connectivity index (χ4v) is 3.76. The zero-order chi connectivity index (χ0) is 17.9. The molecule has 26 heavy (non-hydrogen) atoms. The first kappa shape index (κ1) is 17.5. The van der Waals surface area contributed by atoms with E-state index in [9.17, 15) is 4.79 Å². The van der Waals surface area contributed by atoms with Crippen LogP contribution in [0, 0.1) is 3.57 Å². The Balaban J connectivity index is 1.38. The van der Waals surface area contributed by atoms with Gasteiger partial charge in [-0.1, -0.05) is 12.1 Å². The highest BCUT2D eigenvalue weighted by atomic mass is 127. The van der Waals surface area contributed by atoms with E-state index in [4.69, 9.17) is 4.42 Å². The Hall–Kier alpha value is -1.93. The Morgan fingerprint density at radius 1 is 1.23 bits per heavy atom. The number of nitrogens with one attached hydrogen (secondary N) is 1. The summed E-state index contributed by atoms with van der Waals surface area (Å²) in [7, 11) is 0. The summed E-state index contributed by atoms with van der Waals surface area (Å²) in [4.78, 5) is 19.2. The maximum absolute atomic E-state index is 12.4. The molecule has 0 spiro atoms. The van der Waals surface area contributed by atoms with Gasteiger partial charge < -0.3 is 9.73 Å². The number of fused-ring (bicyclic) bond motifs is 1. The number of likely N-dealkylation sites (tertiary alicyclic amines) is 1. The van der Waals surface area contributed by atoms with Gasteiger partial charge in [0.25, 0.3) is 0 Å². The van der Waals surface area contributed by atoms with Gasteiger partial charge in [0.1, 0.15) is 5.52 Å². The Labute approximate surface area is 165 Å². The first-order chi connectivity index (χ1) is 12.7. The van der Waals surface area contributed by atoms with Crippen LogP contribution in [0.4, 0.5) is 5.69 Å². The average molecular weight is 461 g/mol. The predicted octanol–water partition coefficient (Wildman–Crippen LogP) is 4.25. The maximum atomic E-state index is 12.4. The van der Waals surface area contributed by atoms with Crippen LogP contribution in [-0.2, 0) is 4.79 Å². The lowest BCUT2D eigenvalue weighted by molar-refractivity contribution is -0.117. The van der Waals surface area contributed by atoms with E-state index in [2.05, 4.69) is 37.8 Å². The first-order valence-electron chi connectivity index (χ1n) is 8.80. The van der Waals surface area contributed by atoms with Crippen molar-refractivity contribution in [3.63, 3.8) is 0 Å². The summed E-state index contributed by atoms with van der Waals surface area (Å²) in [5.74, 6) is 1.04. The van der Waals surface area contributed by atoms with Crippen molar-refractivity contribution < 1.29 is 9.21 Å². The molecule has 1 aromatic heterocycles. The number of hydrogen-bond acceptors (Lipinski definition) is 4. The third-order valence-electron chi connectivity index (χ3n) is 4.66. The Bertz CT molecular complexity index is 874. The number of aromatic nitrogens is 1. The molecule has 0 radical (unpaired) electrons. The summed E-state index contributed by atoms with van der Waals surface area (Å²) in [6.07, 6.45) is 2.09. The number of para-hydroxylation sites is 2. The summed E-state index contributed by atoms with van der Waals surface area (Å²) < 4.78 is 7.08. The van der Waals surface area contributed by atoms with Gasteiger partial charge in [-0.2, -0.15) is 0 Å². The molecule has 1 saturated heterocycles. The molecule has 1 unspecified atom stereocenters. The minimum Gasteiger partial charge on any atom is -0.440 e. The van der Waals surface area contributed by atoms with Gasteiger partial charge in [-0.05, 0) is 78.4 Å². The third-order valence-corrected chi connectivity index (χ3v) is 5.38. The zero-order valence-electron chi connectivity index (χ0n) is 14.3. The van der Waals surface area contributed by atoms with Crippen molar-refractivity contribution in [1.82, 2.24) is 9.88 Å². The van der Waals surface area contributed by atoms with Crippen molar-refractivity contribution >= 4 is 45.3 Å². The molecule has 1 aliphatic heterocycles. The standard InChI is InChI=1S/C20H20IN3O2/c21-15-7-9-16(10-8-15)22-19(25)13-24-11-3-4-14(12-24)20-23-17-5-1-2-6-18(17)26-20/h1-2,5-10,14H,3-4,11-13H2,(H,22,25). The molecule has 0 bridgehead atoms. The molecule has 134 valence electrons. The van der Waals surface area contributed by atoms with E-state index in [0.29, 0.717) is 6.54 Å². The van der Waals surface area contributed by atoms with E-state index in [1.54, 1.807) is 0 Å². The molecular formula is C20H20IN3O2. The van der Waals surface area contributed by atoms with Crippen molar-refractivity contribution in [2.45, 2.75) is 18.8 Å². The molecule has 1 atom stereocenters. The number of amides is 1. The number of rotatable bonds is 4. The first-order valence-corrected chi connectivity index (χ1v) is 9.88. The summed E-state index contributed by atoms with van der Waals surface area (Å²) in [5, 5.41) is 2.97. The molecular weight excluding hydrogens is 441 g/mol. The van der Waals surface area contributed by atoms with E-state index in [-0.39, 0.29) is 11.8 Å². The van der Waals surface area contributed by atoms with Crippen LogP contribution in [0.2, 0.25) is 0 Å². The monoisotopic (exact) mass is 461 g/mol. The highest BCUT2D eigenvalue weighted by molar-refractivity contribution is 14.1. The van der Waals surface area contributed by atoms with Crippen molar-refractivity contribution in [2.75, 3.05) is 25.0 Å². The fraction of sp³-hybridized carbons (Fsp3) is 0.300. The molecule has 1 N–H and O–H groups in total. The van der Waals surface area contributed by atoms with Crippen LogP contribution < -0.4 is 5.32 Å². The number of anilines is 1. The summed E-state index contributed by atoms with van der Waals surface area (Å²) in [6, 6.07) is 15.7. The van der Waals surface area contributed by atoms with Gasteiger partial charge in [-0.25, -0.2) is 4.98 Å². The fourth-order valence-electron chi connectivity index (χ4n) is 3.40. The van der Waals surface area contributed by atoms with E-state index in [1.165, 1.54) is 0 Å². The van der Waals surface area contributed by atoms with E-state index in [1.807, 2.05) is 48.5 Å². The van der Waals surface area contributed by atoms with Crippen LogP contribution in [0.25, 0.3) is 11.1 Å². The highest BCUT2D eigenvalue weighted by Gasteiger charge is 2.26. The summed E-state index contributed by atoms with van der Waals surface area (Å²) in [6.45, 7) is 2.12. The third kappa shape index (κ3) is 4.07. The highest BCUT2D eigenvalue weighted by Crippen LogP contribution is 2.28. The molecule has 0 aliphatic carbocycles. The smallest absolute Gasteiger partial charge is 0.238 e. The minimum atomic E-state index is 0.0180. The van der Waals surface area contributed by atoms with Crippen LogP contribution in [0.5, 0.6) is 0 Å². The summed E-state index contributed by atoms with van der Waals surface area (Å²) in [5.41, 5.74) is 2.56. The van der Waals surface area contributed by atoms with Crippen LogP contribution in [0.15, 0.2) is 52.9 Å². The number of nitrogens with zero attached hydrogens (tertiary/aromatic N) is 2. The molecule has 1 amide bonds. The SMILES string of the molecule is O=C(CN1CCCC(c2nc3ccccc3o2)C1)Nc1ccc(I)cc1. The quantitative estimate of drug-likeness (QED) is 0.591. The lowest BCUT2D eigenvalue weighted by Gasteiger charge is -2.30. The number of carbonyl (C=O) groups is 1. The molecule has 0 saturated carbocycles. The van der Waals surface area contributed by atoms with Crippen LogP contribution in [0.3, 0.4) is 0 Å². The Morgan fingerprint density at radius 2 is 2.04 bits per heavy atom. The number of hydrogen-bond donors (Lipinski definition) is 1. The van der Waals surface area contributed by atoms with Gasteiger partial charge in [-0.3, -0.25) is 9.69 Å². The number of carbonyl (C=O) groups excluding carboxylic acids is 1. The van der Waals surface area contributed by atoms with Crippen LogP contribution >= 0.6 is 22.6 Å². The minimum absolute atomic E-state index is 0.0180. The van der Waals surface area contributed by atoms with Crippen molar-refractivity contribution in [3.8, 4) is 0 Å². The number of halogens is 1. The Morgan fingerprint density at radius 3 is 2.85 bits per heavy atom. The van der Waals surface area contributed by atoms with Gasteiger partial charge in [-0.15, -0.1) is 0 Å². The van der Waals surface area contributed by atoms with Gasteiger partial charge in [0.15, 0.2) is 11.5 Å². The molecule has 4 rings (SSSR count). The second kappa shape index (κ2) is 7.75. The lowest BCUT2D eigenvalue weighted by atomic mass is 9.98. The molecule has 1 fully saturated rings. The second-order valence-corrected chi connectivity index (χ2v) is 7.89. The number of oxazole rings is 1. The largest absolute Gasteiger partial charge is 0.440 e. The molecule has 5 nitrogen and oxygen atoms in total. The zero-order valence-corrected chi connectivity index (χ0v) is 16.5. The van der Waals surface area contributed by atoms with Crippen LogP contribution in [-0.4, -0.2) is 35.4 Å². The summed E-state index contributed by atoms with van der Waals surface area (Å²) >= 11 is 2.25. The van der Waals surface area contributed by atoms with Crippen molar-refractivity contribution in [1.29, 1.82) is 0 Å². The van der Waals surface area contributed by atoms with Gasteiger partial charge in [0.2, 0.25) is 5.91 Å². The van der Waals surface area contributed by atoms with Crippen molar-refractivity contribution in [2.24, 2.45) is 0 Å². The second-order valence-electron chi connectivity index (χ2n) is 6.65. The Kier molecular flexibility index (Phi) is 5.21. The molecule has 6 heteroatoms. The normalized spacial score (nSPS) is 18.1. The maximum Gasteiger partial charge on any atom is 0.238 e. The van der Waals surface area contributed by atoms with E-state index < -0.39 is 0 Å². The molecule has 2 heterocycles. The predicted molar refractivity (Wildman–Crippen MR) is 110 cm³/mol. The molecule has 2 aromatic carbocycles. The van der Waals surface area contributed by atoms with Crippen LogP contribution in [0.1, 0.15) is 24.7 Å². The molecule has 1 aliphatic rings. The van der Waals surface area contributed by atoms with Crippen molar-refractivity contribution in [3.05, 3.63) is 58.0 Å². The van der Waals surface area contributed by atoms with Gasteiger partial charge in [0, 0.05) is 21.7 Å². The van der Waals surface area contributed by atoms with E-state index in [0.717, 1.165) is 52.2 Å².